The highest BCUT2D eigenvalue weighted by atomic mass is 32.2. The van der Waals surface area contributed by atoms with Crippen molar-refractivity contribution >= 4 is 27.3 Å². The Balaban J connectivity index is 1.88. The van der Waals surface area contributed by atoms with Crippen LogP contribution in [-0.4, -0.2) is 33.2 Å². The van der Waals surface area contributed by atoms with Gasteiger partial charge in [-0.25, -0.2) is 8.42 Å². The van der Waals surface area contributed by atoms with Crippen LogP contribution in [0.4, 0.5) is 11.4 Å². The third kappa shape index (κ3) is 3.26. The van der Waals surface area contributed by atoms with Crippen molar-refractivity contribution in [1.82, 2.24) is 0 Å². The Hall–Kier alpha value is -2.54. The average molecular weight is 374 g/mol. The Morgan fingerprint density at radius 3 is 2.69 bits per heavy atom. The van der Waals surface area contributed by atoms with Gasteiger partial charge in [0.25, 0.3) is 5.91 Å². The molecule has 0 aromatic heterocycles. The molecule has 0 unspecified atom stereocenters. The molecule has 138 valence electrons. The van der Waals surface area contributed by atoms with Gasteiger partial charge in [-0.2, -0.15) is 0 Å². The van der Waals surface area contributed by atoms with E-state index in [2.05, 4.69) is 5.32 Å². The van der Waals surface area contributed by atoms with Crippen molar-refractivity contribution in [3.63, 3.8) is 0 Å². The zero-order valence-corrected chi connectivity index (χ0v) is 15.8. The molecule has 1 aliphatic rings. The highest BCUT2D eigenvalue weighted by Gasteiger charge is 2.34. The van der Waals surface area contributed by atoms with Gasteiger partial charge in [-0.05, 0) is 56.2 Å². The van der Waals surface area contributed by atoms with Crippen molar-refractivity contribution in [2.75, 3.05) is 22.5 Å². The summed E-state index contributed by atoms with van der Waals surface area (Å²) in [7, 11) is -1.79. The van der Waals surface area contributed by atoms with Gasteiger partial charge >= 0.3 is 0 Å². The van der Waals surface area contributed by atoms with Gasteiger partial charge in [0.05, 0.1) is 24.2 Å². The number of anilines is 2. The Bertz CT molecular complexity index is 940. The van der Waals surface area contributed by atoms with Crippen LogP contribution in [0.1, 0.15) is 29.8 Å². The maximum absolute atomic E-state index is 12.6. The molecule has 1 aliphatic heterocycles. The normalized spacial score (nSPS) is 16.3. The molecule has 6 nitrogen and oxygen atoms in total. The number of para-hydroxylation sites is 2. The fourth-order valence-electron chi connectivity index (χ4n) is 3.25. The van der Waals surface area contributed by atoms with E-state index in [0.29, 0.717) is 29.1 Å². The lowest BCUT2D eigenvalue weighted by atomic mass is 10.1. The molecule has 2 aromatic carbocycles. The van der Waals surface area contributed by atoms with E-state index in [0.717, 1.165) is 5.56 Å². The largest absolute Gasteiger partial charge is 0.495 e. The number of ether oxygens (including phenoxy) is 1. The van der Waals surface area contributed by atoms with E-state index in [9.17, 15) is 13.2 Å². The molecule has 0 radical (unpaired) electrons. The third-order valence-electron chi connectivity index (χ3n) is 4.51. The quantitative estimate of drug-likeness (QED) is 0.873. The molecule has 0 aliphatic carbocycles. The molecule has 2 aromatic rings. The lowest BCUT2D eigenvalue weighted by Crippen LogP contribution is -2.36. The lowest BCUT2D eigenvalue weighted by molar-refractivity contribution is 0.102. The molecule has 1 N–H and O–H groups in total. The zero-order valence-electron chi connectivity index (χ0n) is 15.0. The predicted octanol–water partition coefficient (Wildman–Crippen LogP) is 3.05. The van der Waals surface area contributed by atoms with Crippen LogP contribution in [-0.2, 0) is 16.4 Å². The minimum absolute atomic E-state index is 0.0484. The number of benzene rings is 2. The summed E-state index contributed by atoms with van der Waals surface area (Å²) in [5.74, 6) is 0.366. The van der Waals surface area contributed by atoms with Crippen molar-refractivity contribution in [2.45, 2.75) is 26.3 Å². The molecule has 26 heavy (non-hydrogen) atoms. The third-order valence-corrected chi connectivity index (χ3v) is 6.40. The van der Waals surface area contributed by atoms with E-state index < -0.39 is 10.0 Å². The molecular formula is C19H22N2O4S. The number of carbonyl (C=O) groups excluding carboxylic acids is 1. The lowest BCUT2D eigenvalue weighted by Gasteiger charge is -2.23. The first-order chi connectivity index (χ1) is 12.4. The van der Waals surface area contributed by atoms with E-state index in [1.165, 1.54) is 4.31 Å². The first kappa shape index (κ1) is 18.3. The van der Waals surface area contributed by atoms with Gasteiger partial charge in [0, 0.05) is 11.6 Å². The fourth-order valence-corrected chi connectivity index (χ4v) is 4.63. The van der Waals surface area contributed by atoms with Gasteiger partial charge in [0.2, 0.25) is 10.0 Å². The molecule has 7 heteroatoms. The summed E-state index contributed by atoms with van der Waals surface area (Å²) in [4.78, 5) is 12.6. The first-order valence-corrected chi connectivity index (χ1v) is 10.1. The smallest absolute Gasteiger partial charge is 0.255 e. The van der Waals surface area contributed by atoms with Gasteiger partial charge in [-0.15, -0.1) is 0 Å². The van der Waals surface area contributed by atoms with Crippen LogP contribution in [0.25, 0.3) is 0 Å². The summed E-state index contributed by atoms with van der Waals surface area (Å²) in [6, 6.07) is 12.2. The van der Waals surface area contributed by atoms with Crippen LogP contribution in [0.2, 0.25) is 0 Å². The number of carbonyl (C=O) groups is 1. The molecule has 3 rings (SSSR count). The number of methoxy groups -OCH3 is 1. The van der Waals surface area contributed by atoms with Gasteiger partial charge in [-0.3, -0.25) is 9.10 Å². The predicted molar refractivity (Wildman–Crippen MR) is 102 cm³/mol. The second-order valence-corrected chi connectivity index (χ2v) is 8.38. The van der Waals surface area contributed by atoms with E-state index >= 15 is 0 Å². The Labute approximate surface area is 153 Å². The second kappa shape index (κ2) is 6.99. The summed E-state index contributed by atoms with van der Waals surface area (Å²) < 4.78 is 31.4. The minimum atomic E-state index is -3.33. The van der Waals surface area contributed by atoms with Crippen molar-refractivity contribution in [3.8, 4) is 5.75 Å². The standard InChI is InChI=1S/C19H22N2O4S/c1-4-26(23,24)21-13(2)11-15-12-14(9-10-17(15)21)19(22)20-16-7-5-6-8-18(16)25-3/h5-10,12-13H,4,11H2,1-3H3,(H,20,22)/t13-/m1/s1. The van der Waals surface area contributed by atoms with Gasteiger partial charge in [-0.1, -0.05) is 12.1 Å². The summed E-state index contributed by atoms with van der Waals surface area (Å²) in [5.41, 5.74) is 2.59. The number of hydrogen-bond donors (Lipinski definition) is 1. The van der Waals surface area contributed by atoms with Crippen LogP contribution >= 0.6 is 0 Å². The maximum Gasteiger partial charge on any atom is 0.255 e. The summed E-state index contributed by atoms with van der Waals surface area (Å²) in [6.45, 7) is 3.51. The molecule has 1 heterocycles. The highest BCUT2D eigenvalue weighted by molar-refractivity contribution is 7.92. The Morgan fingerprint density at radius 1 is 1.27 bits per heavy atom. The number of sulfonamides is 1. The number of amides is 1. The van der Waals surface area contributed by atoms with Crippen molar-refractivity contribution in [2.24, 2.45) is 0 Å². The fraction of sp³-hybridized carbons (Fsp3) is 0.316. The molecule has 0 fully saturated rings. The van der Waals surface area contributed by atoms with Gasteiger partial charge in [0.1, 0.15) is 5.75 Å². The van der Waals surface area contributed by atoms with E-state index in [1.807, 2.05) is 19.1 Å². The molecule has 1 amide bonds. The van der Waals surface area contributed by atoms with Crippen LogP contribution in [0.15, 0.2) is 42.5 Å². The first-order valence-electron chi connectivity index (χ1n) is 8.46. The van der Waals surface area contributed by atoms with Crippen molar-refractivity contribution < 1.29 is 17.9 Å². The van der Waals surface area contributed by atoms with Crippen molar-refractivity contribution in [1.29, 1.82) is 0 Å². The Morgan fingerprint density at radius 2 is 2.00 bits per heavy atom. The molecule has 0 saturated carbocycles. The number of nitrogens with zero attached hydrogens (tertiary/aromatic N) is 1. The van der Waals surface area contributed by atoms with Crippen LogP contribution < -0.4 is 14.4 Å². The summed E-state index contributed by atoms with van der Waals surface area (Å²) >= 11 is 0. The number of rotatable bonds is 5. The highest BCUT2D eigenvalue weighted by Crippen LogP contribution is 2.35. The van der Waals surface area contributed by atoms with Crippen molar-refractivity contribution in [3.05, 3.63) is 53.6 Å². The number of fused-ring (bicyclic) bond motifs is 1. The van der Waals surface area contributed by atoms with Crippen LogP contribution in [0.3, 0.4) is 0 Å². The van der Waals surface area contributed by atoms with E-state index in [1.54, 1.807) is 44.4 Å². The van der Waals surface area contributed by atoms with Crippen LogP contribution in [0, 0.1) is 0 Å². The molecule has 0 bridgehead atoms. The molecule has 0 saturated heterocycles. The Kier molecular flexibility index (Phi) is 4.91. The minimum Gasteiger partial charge on any atom is -0.495 e. The SMILES string of the molecule is CCS(=O)(=O)N1c2ccc(C(=O)Nc3ccccc3OC)cc2C[C@H]1C. The summed E-state index contributed by atoms with van der Waals surface area (Å²) in [5, 5.41) is 2.84. The van der Waals surface area contributed by atoms with Gasteiger partial charge < -0.3 is 10.1 Å². The maximum atomic E-state index is 12.6. The molecular weight excluding hydrogens is 352 g/mol. The van der Waals surface area contributed by atoms with Gasteiger partial charge in [0.15, 0.2) is 0 Å². The molecule has 0 spiro atoms. The second-order valence-electron chi connectivity index (χ2n) is 6.25. The monoisotopic (exact) mass is 374 g/mol. The van der Waals surface area contributed by atoms with E-state index in [-0.39, 0.29) is 17.7 Å². The number of nitrogens with one attached hydrogen (secondary N) is 1. The van der Waals surface area contributed by atoms with E-state index in [4.69, 9.17) is 4.74 Å². The zero-order chi connectivity index (χ0) is 18.9. The number of hydrogen-bond acceptors (Lipinski definition) is 4. The topological polar surface area (TPSA) is 75.7 Å². The summed E-state index contributed by atoms with van der Waals surface area (Å²) in [6.07, 6.45) is 0.588. The average Bonchev–Trinajstić information content (AvgIpc) is 2.97. The van der Waals surface area contributed by atoms with Crippen LogP contribution in [0.5, 0.6) is 5.75 Å². The molecule has 1 atom stereocenters.